The van der Waals surface area contributed by atoms with E-state index in [0.29, 0.717) is 6.42 Å². The third-order valence-corrected chi connectivity index (χ3v) is 11.0. The summed E-state index contributed by atoms with van der Waals surface area (Å²) in [5.74, 6) is 0.711. The molecule has 0 bridgehead atoms. The van der Waals surface area contributed by atoms with E-state index >= 15 is 0 Å². The molecule has 10 heteroatoms. The lowest BCUT2D eigenvalue weighted by molar-refractivity contribution is -0.127. The number of benzene rings is 1. The number of pyridine rings is 1. The van der Waals surface area contributed by atoms with Crippen molar-refractivity contribution >= 4 is 15.9 Å². The first-order chi connectivity index (χ1) is 18.8. The van der Waals surface area contributed by atoms with Gasteiger partial charge in [-0.05, 0) is 55.4 Å². The van der Waals surface area contributed by atoms with Gasteiger partial charge >= 0.3 is 0 Å². The van der Waals surface area contributed by atoms with Gasteiger partial charge in [-0.25, -0.2) is 8.42 Å². The van der Waals surface area contributed by atoms with Crippen molar-refractivity contribution in [2.24, 2.45) is 5.92 Å². The van der Waals surface area contributed by atoms with E-state index in [1.165, 1.54) is 25.7 Å². The van der Waals surface area contributed by atoms with Crippen molar-refractivity contribution < 1.29 is 23.1 Å². The number of carbonyl (C=O) groups excluding carboxylic acids is 1. The molecule has 1 aliphatic carbocycles. The Kier molecular flexibility index (Phi) is 7.39. The van der Waals surface area contributed by atoms with E-state index in [1.807, 2.05) is 12.1 Å². The topological polar surface area (TPSA) is 112 Å². The predicted octanol–water partition coefficient (Wildman–Crippen LogP) is 2.80. The second-order valence-corrected chi connectivity index (χ2v) is 13.6. The SMILES string of the molecule is O=C1NC2(CCOc3cc(-c4cccnc4)ccc3S(=O)(=O)N3C[C@H](O)C[C@@H]13)CCN(CC1CCCC1)CC2. The smallest absolute Gasteiger partial charge is 0.247 e. The normalized spacial score (nSPS) is 27.8. The van der Waals surface area contributed by atoms with Gasteiger partial charge in [0, 0.05) is 62.5 Å². The summed E-state index contributed by atoms with van der Waals surface area (Å²) in [6, 6.07) is 7.82. The number of hydrogen-bond donors (Lipinski definition) is 2. The highest BCUT2D eigenvalue weighted by Gasteiger charge is 2.47. The number of aromatic nitrogens is 1. The highest BCUT2D eigenvalue weighted by Crippen LogP contribution is 2.37. The average Bonchev–Trinajstić information content (AvgIpc) is 3.60. The summed E-state index contributed by atoms with van der Waals surface area (Å²) < 4.78 is 35.2. The number of nitrogens with zero attached hydrogens (tertiary/aromatic N) is 3. The van der Waals surface area contributed by atoms with Gasteiger partial charge in [-0.15, -0.1) is 0 Å². The number of fused-ring (bicyclic) bond motifs is 2. The number of piperidine rings is 1. The van der Waals surface area contributed by atoms with Gasteiger partial charge in [-0.3, -0.25) is 9.78 Å². The minimum atomic E-state index is -4.10. The number of sulfonamides is 1. The van der Waals surface area contributed by atoms with Gasteiger partial charge in [0.25, 0.3) is 0 Å². The fourth-order valence-electron chi connectivity index (χ4n) is 6.82. The van der Waals surface area contributed by atoms with Crippen LogP contribution < -0.4 is 10.1 Å². The van der Waals surface area contributed by atoms with Crippen LogP contribution in [-0.4, -0.2) is 84.1 Å². The molecule has 2 aromatic rings. The minimum absolute atomic E-state index is 0.0179. The number of ether oxygens (including phenoxy) is 1. The molecule has 1 aromatic carbocycles. The van der Waals surface area contributed by atoms with Crippen LogP contribution in [0, 0.1) is 5.92 Å². The maximum absolute atomic E-state index is 13.9. The molecule has 0 radical (unpaired) electrons. The molecule has 3 aliphatic heterocycles. The van der Waals surface area contributed by atoms with Crippen LogP contribution in [0.15, 0.2) is 47.6 Å². The Balaban J connectivity index is 1.30. The number of aliphatic hydroxyl groups excluding tert-OH is 1. The second-order valence-electron chi connectivity index (χ2n) is 11.7. The standard InChI is InChI=1S/C29H38N4O5S/c34-24-17-25-28(35)31-29(9-13-32(14-10-29)19-21-4-1-2-5-21)11-15-38-26-16-22(23-6-3-12-30-18-23)7-8-27(26)39(36,37)33(25)20-24/h3,6-8,12,16,18,21,24-25,34H,1-2,4-5,9-11,13-15,17,19-20H2,(H,31,35)/t24-,25+/m1/s1. The van der Waals surface area contributed by atoms with E-state index < -0.39 is 27.7 Å². The summed E-state index contributed by atoms with van der Waals surface area (Å²) in [7, 11) is -4.10. The number of amides is 1. The van der Waals surface area contributed by atoms with E-state index in [9.17, 15) is 18.3 Å². The fraction of sp³-hybridized carbons (Fsp3) is 0.586. The summed E-state index contributed by atoms with van der Waals surface area (Å²) >= 11 is 0. The number of hydrogen-bond acceptors (Lipinski definition) is 7. The maximum Gasteiger partial charge on any atom is 0.247 e. The molecule has 4 heterocycles. The van der Waals surface area contributed by atoms with Gasteiger partial charge < -0.3 is 20.1 Å². The molecule has 1 spiro atoms. The van der Waals surface area contributed by atoms with Gasteiger partial charge in [0.1, 0.15) is 16.7 Å². The van der Waals surface area contributed by atoms with Crippen molar-refractivity contribution in [1.29, 1.82) is 0 Å². The van der Waals surface area contributed by atoms with Gasteiger partial charge in [0.15, 0.2) is 0 Å². The lowest BCUT2D eigenvalue weighted by atomic mass is 9.83. The molecule has 39 heavy (non-hydrogen) atoms. The van der Waals surface area contributed by atoms with Crippen molar-refractivity contribution in [3.05, 3.63) is 42.7 Å². The Labute approximate surface area is 230 Å². The molecule has 2 saturated heterocycles. The summed E-state index contributed by atoms with van der Waals surface area (Å²) in [6.45, 7) is 3.08. The third kappa shape index (κ3) is 5.44. The number of rotatable bonds is 3. The van der Waals surface area contributed by atoms with Crippen LogP contribution >= 0.6 is 0 Å². The van der Waals surface area contributed by atoms with Gasteiger partial charge in [-0.2, -0.15) is 4.31 Å². The van der Waals surface area contributed by atoms with Crippen molar-refractivity contribution in [3.63, 3.8) is 0 Å². The molecule has 210 valence electrons. The van der Waals surface area contributed by atoms with E-state index in [0.717, 1.165) is 53.8 Å². The zero-order valence-electron chi connectivity index (χ0n) is 22.3. The molecule has 1 saturated carbocycles. The highest BCUT2D eigenvalue weighted by atomic mass is 32.2. The number of carbonyl (C=O) groups is 1. The zero-order chi connectivity index (χ0) is 27.0. The van der Waals surface area contributed by atoms with Crippen molar-refractivity contribution in [2.45, 2.75) is 73.9 Å². The average molecular weight is 555 g/mol. The lowest BCUT2D eigenvalue weighted by Crippen LogP contribution is -2.59. The molecule has 1 amide bonds. The predicted molar refractivity (Wildman–Crippen MR) is 147 cm³/mol. The molecular weight excluding hydrogens is 516 g/mol. The monoisotopic (exact) mass is 554 g/mol. The Bertz CT molecular complexity index is 1290. The van der Waals surface area contributed by atoms with Gasteiger partial charge in [0.05, 0.1) is 12.7 Å². The van der Waals surface area contributed by atoms with Crippen LogP contribution in [0.3, 0.4) is 0 Å². The number of nitrogens with one attached hydrogen (secondary N) is 1. The first-order valence-electron chi connectivity index (χ1n) is 14.2. The van der Waals surface area contributed by atoms with E-state index in [2.05, 4.69) is 15.2 Å². The van der Waals surface area contributed by atoms with Crippen molar-refractivity contribution in [1.82, 2.24) is 19.5 Å². The minimum Gasteiger partial charge on any atom is -0.492 e. The van der Waals surface area contributed by atoms with Crippen LogP contribution in [0.5, 0.6) is 5.75 Å². The molecule has 3 fully saturated rings. The van der Waals surface area contributed by atoms with Gasteiger partial charge in [-0.1, -0.05) is 25.0 Å². The third-order valence-electron chi connectivity index (χ3n) is 9.09. The van der Waals surface area contributed by atoms with Crippen LogP contribution in [-0.2, 0) is 14.8 Å². The molecule has 2 atom stereocenters. The number of likely N-dealkylation sites (tertiary alicyclic amines) is 1. The van der Waals surface area contributed by atoms with Crippen LogP contribution in [0.1, 0.15) is 51.4 Å². The molecular formula is C29H38N4O5S. The van der Waals surface area contributed by atoms with Crippen LogP contribution in [0.2, 0.25) is 0 Å². The molecule has 6 rings (SSSR count). The quantitative estimate of drug-likeness (QED) is 0.600. The van der Waals surface area contributed by atoms with Crippen molar-refractivity contribution in [2.75, 3.05) is 32.8 Å². The number of aliphatic hydroxyl groups is 1. The second kappa shape index (κ2) is 10.8. The maximum atomic E-state index is 13.9. The molecule has 4 aliphatic rings. The van der Waals surface area contributed by atoms with Gasteiger partial charge in [0.2, 0.25) is 15.9 Å². The Morgan fingerprint density at radius 3 is 2.64 bits per heavy atom. The van der Waals surface area contributed by atoms with E-state index in [4.69, 9.17) is 4.74 Å². The van der Waals surface area contributed by atoms with Crippen LogP contribution in [0.4, 0.5) is 0 Å². The molecule has 2 N–H and O–H groups in total. The first-order valence-corrected chi connectivity index (χ1v) is 15.7. The summed E-state index contributed by atoms with van der Waals surface area (Å²) in [6.07, 6.45) is 10.0. The molecule has 9 nitrogen and oxygen atoms in total. The summed E-state index contributed by atoms with van der Waals surface area (Å²) in [5, 5.41) is 13.7. The Morgan fingerprint density at radius 1 is 1.10 bits per heavy atom. The van der Waals surface area contributed by atoms with Crippen molar-refractivity contribution in [3.8, 4) is 16.9 Å². The highest BCUT2D eigenvalue weighted by molar-refractivity contribution is 7.89. The molecule has 1 aromatic heterocycles. The summed E-state index contributed by atoms with van der Waals surface area (Å²) in [5.41, 5.74) is 1.18. The fourth-order valence-corrected chi connectivity index (χ4v) is 8.57. The lowest BCUT2D eigenvalue weighted by Gasteiger charge is -2.43. The van der Waals surface area contributed by atoms with E-state index in [1.54, 1.807) is 30.6 Å². The molecule has 0 unspecified atom stereocenters. The van der Waals surface area contributed by atoms with E-state index in [-0.39, 0.29) is 36.1 Å². The summed E-state index contributed by atoms with van der Waals surface area (Å²) in [4.78, 5) is 20.4. The Morgan fingerprint density at radius 2 is 1.90 bits per heavy atom. The van der Waals surface area contributed by atoms with Crippen LogP contribution in [0.25, 0.3) is 11.1 Å². The largest absolute Gasteiger partial charge is 0.492 e. The zero-order valence-corrected chi connectivity index (χ0v) is 23.1. The Hall–Kier alpha value is -2.53. The first kappa shape index (κ1) is 26.7.